The minimum Gasteiger partial charge on any atom is -0.381 e. The molecule has 6 nitrogen and oxygen atoms in total. The molecular weight excluding hydrogens is 212 g/mol. The van der Waals surface area contributed by atoms with E-state index in [0.29, 0.717) is 32.6 Å². The molecule has 0 heterocycles. The monoisotopic (exact) mass is 232 g/mol. The molecule has 3 N–H and O–H groups in total. The number of carbonyl (C=O) groups is 2. The van der Waals surface area contributed by atoms with E-state index in [-0.39, 0.29) is 19.1 Å². The summed E-state index contributed by atoms with van der Waals surface area (Å²) in [6.07, 6.45) is 2.22. The molecule has 0 unspecified atom stereocenters. The summed E-state index contributed by atoms with van der Waals surface area (Å²) in [4.78, 5) is 20.9. The second-order valence-electron chi connectivity index (χ2n) is 3.14. The van der Waals surface area contributed by atoms with Crippen molar-refractivity contribution in [2.24, 2.45) is 5.73 Å². The van der Waals surface area contributed by atoms with Crippen LogP contribution in [-0.2, 0) is 19.1 Å². The van der Waals surface area contributed by atoms with Crippen LogP contribution in [0.15, 0.2) is 0 Å². The first kappa shape index (κ1) is 15.0. The molecule has 0 aromatic carbocycles. The van der Waals surface area contributed by atoms with Gasteiger partial charge in [0.1, 0.15) is 19.5 Å². The second kappa shape index (κ2) is 12.1. The molecule has 0 aromatic rings. The fourth-order valence-electron chi connectivity index (χ4n) is 0.940. The molecule has 0 aliphatic carbocycles. The molecule has 0 aromatic heterocycles. The molecule has 0 aliphatic heterocycles. The molecule has 94 valence electrons. The van der Waals surface area contributed by atoms with Crippen molar-refractivity contribution in [3.8, 4) is 0 Å². The van der Waals surface area contributed by atoms with E-state index >= 15 is 0 Å². The van der Waals surface area contributed by atoms with Crippen LogP contribution in [0, 0.1) is 0 Å². The lowest BCUT2D eigenvalue weighted by Gasteiger charge is -2.05. The van der Waals surface area contributed by atoms with Crippen molar-refractivity contribution in [1.82, 2.24) is 5.32 Å². The van der Waals surface area contributed by atoms with Gasteiger partial charge in [-0.3, -0.25) is 4.79 Å². The number of carbonyl (C=O) groups excluding carboxylic acids is 2. The quantitative estimate of drug-likeness (QED) is 0.355. The summed E-state index contributed by atoms with van der Waals surface area (Å²) in [5, 5.41) is 2.65. The van der Waals surface area contributed by atoms with Crippen molar-refractivity contribution in [3.05, 3.63) is 0 Å². The zero-order valence-electron chi connectivity index (χ0n) is 9.44. The van der Waals surface area contributed by atoms with Crippen LogP contribution in [0.25, 0.3) is 0 Å². The first-order valence-corrected chi connectivity index (χ1v) is 5.37. The number of hydrogen-bond donors (Lipinski definition) is 2. The van der Waals surface area contributed by atoms with Crippen LogP contribution in [0.5, 0.6) is 0 Å². The summed E-state index contributed by atoms with van der Waals surface area (Å²) in [7, 11) is 0. The van der Waals surface area contributed by atoms with Crippen LogP contribution < -0.4 is 11.1 Å². The molecule has 0 aliphatic rings. The van der Waals surface area contributed by atoms with E-state index in [4.69, 9.17) is 15.2 Å². The van der Waals surface area contributed by atoms with Gasteiger partial charge in [-0.15, -0.1) is 0 Å². The summed E-state index contributed by atoms with van der Waals surface area (Å²) < 4.78 is 9.98. The van der Waals surface area contributed by atoms with Crippen LogP contribution in [-0.4, -0.2) is 51.7 Å². The highest BCUT2D eigenvalue weighted by atomic mass is 16.5. The zero-order chi connectivity index (χ0) is 12.1. The molecule has 0 bridgehead atoms. The SMILES string of the molecule is NCCCOCCCNC(=O)COCC=O. The van der Waals surface area contributed by atoms with E-state index in [1.807, 2.05) is 0 Å². The highest BCUT2D eigenvalue weighted by molar-refractivity contribution is 5.77. The number of nitrogens with one attached hydrogen (secondary N) is 1. The Morgan fingerprint density at radius 3 is 2.69 bits per heavy atom. The van der Waals surface area contributed by atoms with Crippen LogP contribution in [0.1, 0.15) is 12.8 Å². The van der Waals surface area contributed by atoms with Gasteiger partial charge in [-0.05, 0) is 19.4 Å². The van der Waals surface area contributed by atoms with Crippen molar-refractivity contribution >= 4 is 12.2 Å². The molecule has 16 heavy (non-hydrogen) atoms. The predicted octanol–water partition coefficient (Wildman–Crippen LogP) is -0.926. The Morgan fingerprint density at radius 1 is 1.25 bits per heavy atom. The molecule has 0 saturated carbocycles. The van der Waals surface area contributed by atoms with E-state index in [2.05, 4.69) is 5.32 Å². The van der Waals surface area contributed by atoms with Crippen molar-refractivity contribution in [3.63, 3.8) is 0 Å². The van der Waals surface area contributed by atoms with Gasteiger partial charge in [-0.2, -0.15) is 0 Å². The Bertz CT molecular complexity index is 188. The average Bonchev–Trinajstić information content (AvgIpc) is 2.28. The van der Waals surface area contributed by atoms with Gasteiger partial charge >= 0.3 is 0 Å². The lowest BCUT2D eigenvalue weighted by Crippen LogP contribution is -2.29. The van der Waals surface area contributed by atoms with Crippen molar-refractivity contribution < 1.29 is 19.1 Å². The van der Waals surface area contributed by atoms with Crippen LogP contribution >= 0.6 is 0 Å². The number of hydrogen-bond acceptors (Lipinski definition) is 5. The summed E-state index contributed by atoms with van der Waals surface area (Å²) in [5.41, 5.74) is 5.29. The van der Waals surface area contributed by atoms with Gasteiger partial charge < -0.3 is 25.3 Å². The van der Waals surface area contributed by atoms with E-state index < -0.39 is 0 Å². The maximum absolute atomic E-state index is 11.0. The Balaban J connectivity index is 3.12. The molecule has 0 atom stereocenters. The summed E-state index contributed by atoms with van der Waals surface area (Å²) >= 11 is 0. The standard InChI is InChI=1S/C10H20N2O4/c11-3-1-6-15-7-2-4-12-10(14)9-16-8-5-13/h5H,1-4,6-9,11H2,(H,12,14). The maximum Gasteiger partial charge on any atom is 0.246 e. The molecule has 1 amide bonds. The van der Waals surface area contributed by atoms with Crippen molar-refractivity contribution in [2.75, 3.05) is 39.5 Å². The topological polar surface area (TPSA) is 90.7 Å². The lowest BCUT2D eigenvalue weighted by molar-refractivity contribution is -0.126. The van der Waals surface area contributed by atoms with Crippen molar-refractivity contribution in [2.45, 2.75) is 12.8 Å². The number of rotatable bonds is 11. The van der Waals surface area contributed by atoms with Gasteiger partial charge in [-0.25, -0.2) is 0 Å². The third-order valence-corrected chi connectivity index (χ3v) is 1.70. The zero-order valence-corrected chi connectivity index (χ0v) is 9.44. The van der Waals surface area contributed by atoms with Crippen LogP contribution in [0.2, 0.25) is 0 Å². The van der Waals surface area contributed by atoms with E-state index in [1.54, 1.807) is 0 Å². The highest BCUT2D eigenvalue weighted by Gasteiger charge is 1.99. The minimum absolute atomic E-state index is 0.0460. The largest absolute Gasteiger partial charge is 0.381 e. The Kier molecular flexibility index (Phi) is 11.4. The first-order valence-electron chi connectivity index (χ1n) is 5.37. The summed E-state index contributed by atoms with van der Waals surface area (Å²) in [5.74, 6) is -0.219. The molecule has 0 spiro atoms. The second-order valence-corrected chi connectivity index (χ2v) is 3.14. The Hall–Kier alpha value is -0.980. The van der Waals surface area contributed by atoms with Gasteiger partial charge in [0.2, 0.25) is 5.91 Å². The number of nitrogens with two attached hydrogens (primary N) is 1. The normalized spacial score (nSPS) is 10.1. The number of aldehydes is 1. The van der Waals surface area contributed by atoms with Gasteiger partial charge in [0.05, 0.1) is 0 Å². The van der Waals surface area contributed by atoms with E-state index in [0.717, 1.165) is 12.8 Å². The third-order valence-electron chi connectivity index (χ3n) is 1.70. The van der Waals surface area contributed by atoms with Gasteiger partial charge in [0.15, 0.2) is 0 Å². The van der Waals surface area contributed by atoms with Gasteiger partial charge in [0.25, 0.3) is 0 Å². The average molecular weight is 232 g/mol. The third kappa shape index (κ3) is 11.1. The molecule has 0 saturated heterocycles. The van der Waals surface area contributed by atoms with Crippen LogP contribution in [0.4, 0.5) is 0 Å². The Labute approximate surface area is 95.5 Å². The molecule has 0 rings (SSSR count). The summed E-state index contributed by atoms with van der Waals surface area (Å²) in [6, 6.07) is 0. The molecule has 0 radical (unpaired) electrons. The smallest absolute Gasteiger partial charge is 0.246 e. The fraction of sp³-hybridized carbons (Fsp3) is 0.800. The van der Waals surface area contributed by atoms with Gasteiger partial charge in [0, 0.05) is 19.8 Å². The van der Waals surface area contributed by atoms with Crippen LogP contribution in [0.3, 0.4) is 0 Å². The molecule has 6 heteroatoms. The number of ether oxygens (including phenoxy) is 2. The van der Waals surface area contributed by atoms with E-state index in [9.17, 15) is 9.59 Å². The van der Waals surface area contributed by atoms with E-state index in [1.165, 1.54) is 0 Å². The lowest BCUT2D eigenvalue weighted by atomic mass is 10.4. The molecule has 0 fully saturated rings. The minimum atomic E-state index is -0.219. The maximum atomic E-state index is 11.0. The highest BCUT2D eigenvalue weighted by Crippen LogP contribution is 1.84. The number of amides is 1. The summed E-state index contributed by atoms with van der Waals surface area (Å²) in [6.45, 7) is 2.32. The Morgan fingerprint density at radius 2 is 2.00 bits per heavy atom. The molecular formula is C10H20N2O4. The van der Waals surface area contributed by atoms with Crippen molar-refractivity contribution in [1.29, 1.82) is 0 Å². The van der Waals surface area contributed by atoms with Gasteiger partial charge in [-0.1, -0.05) is 0 Å². The predicted molar refractivity (Wildman–Crippen MR) is 59.0 cm³/mol. The fourth-order valence-corrected chi connectivity index (χ4v) is 0.940. The first-order chi connectivity index (χ1) is 7.81.